The van der Waals surface area contributed by atoms with Gasteiger partial charge in [-0.2, -0.15) is 0 Å². The Kier molecular flexibility index (Phi) is 9.05. The van der Waals surface area contributed by atoms with Gasteiger partial charge < -0.3 is 4.74 Å². The molecule has 0 saturated carbocycles. The Morgan fingerprint density at radius 3 is 2.08 bits per heavy atom. The second-order valence-electron chi connectivity index (χ2n) is 6.97. The molecule has 0 amide bonds. The van der Waals surface area contributed by atoms with Crippen molar-refractivity contribution >= 4 is 5.97 Å². The van der Waals surface area contributed by atoms with Crippen LogP contribution >= 0.6 is 0 Å². The first-order valence-corrected chi connectivity index (χ1v) is 9.42. The van der Waals surface area contributed by atoms with Crippen LogP contribution in [0, 0.1) is 5.92 Å². The molecule has 2 unspecified atom stereocenters. The summed E-state index contributed by atoms with van der Waals surface area (Å²) < 4.78 is 5.61. The van der Waals surface area contributed by atoms with E-state index in [1.165, 1.54) is 5.56 Å². The van der Waals surface area contributed by atoms with E-state index < -0.39 is 0 Å². The van der Waals surface area contributed by atoms with Crippen molar-refractivity contribution < 1.29 is 9.53 Å². The van der Waals surface area contributed by atoms with Gasteiger partial charge in [0.15, 0.2) is 0 Å². The van der Waals surface area contributed by atoms with Crippen molar-refractivity contribution in [3.8, 4) is 0 Å². The molecule has 0 N–H and O–H groups in total. The Bertz CT molecular complexity index is 477. The van der Waals surface area contributed by atoms with Crippen LogP contribution in [0.1, 0.15) is 65.0 Å². The van der Waals surface area contributed by atoms with Gasteiger partial charge in [-0.1, -0.05) is 58.9 Å². The summed E-state index contributed by atoms with van der Waals surface area (Å²) in [4.78, 5) is 14.7. The maximum absolute atomic E-state index is 12.4. The molecule has 0 aliphatic carbocycles. The molecule has 0 aromatic heterocycles. The molecule has 136 valence electrons. The van der Waals surface area contributed by atoms with E-state index in [9.17, 15) is 4.79 Å². The van der Waals surface area contributed by atoms with Crippen LogP contribution in [-0.2, 0) is 16.0 Å². The quantitative estimate of drug-likeness (QED) is 0.584. The summed E-state index contributed by atoms with van der Waals surface area (Å²) in [7, 11) is 0. The van der Waals surface area contributed by atoms with Crippen molar-refractivity contribution in [3.05, 3.63) is 35.4 Å². The minimum atomic E-state index is -0.215. The van der Waals surface area contributed by atoms with Crippen LogP contribution in [0.3, 0.4) is 0 Å². The third kappa shape index (κ3) is 6.27. The monoisotopic (exact) mass is 333 g/mol. The van der Waals surface area contributed by atoms with Crippen molar-refractivity contribution in [1.82, 2.24) is 4.90 Å². The molecule has 0 fully saturated rings. The van der Waals surface area contributed by atoms with Gasteiger partial charge in [-0.3, -0.25) is 9.69 Å². The van der Waals surface area contributed by atoms with E-state index in [-0.39, 0.29) is 11.9 Å². The molecular weight excluding hydrogens is 298 g/mol. The van der Waals surface area contributed by atoms with Crippen molar-refractivity contribution in [1.29, 1.82) is 0 Å². The molecule has 3 heteroatoms. The van der Waals surface area contributed by atoms with E-state index in [1.54, 1.807) is 0 Å². The van der Waals surface area contributed by atoms with E-state index in [0.29, 0.717) is 18.6 Å². The van der Waals surface area contributed by atoms with Gasteiger partial charge in [-0.05, 0) is 49.9 Å². The average Bonchev–Trinajstić information content (AvgIpc) is 2.57. The average molecular weight is 334 g/mol. The number of hydrogen-bond donors (Lipinski definition) is 0. The zero-order chi connectivity index (χ0) is 18.1. The number of carbonyl (C=O) groups excluding carboxylic acids is 1. The maximum atomic E-state index is 12.4. The lowest BCUT2D eigenvalue weighted by Crippen LogP contribution is -2.38. The van der Waals surface area contributed by atoms with Gasteiger partial charge in [0.2, 0.25) is 0 Å². The summed E-state index contributed by atoms with van der Waals surface area (Å²) in [5.74, 6) is 0.300. The Labute approximate surface area is 148 Å². The SMILES string of the molecule is CCC(COC(=O)C(C)c1ccc(CC(C)C)cc1)N(CC)CC. The number of hydrogen-bond acceptors (Lipinski definition) is 3. The molecular formula is C21H35NO2. The standard InChI is InChI=1S/C21H35NO2/c1-7-20(22(8-2)9-3)15-24-21(23)17(6)19-12-10-18(11-13-19)14-16(4)5/h10-13,16-17,20H,7-9,14-15H2,1-6H3. The van der Waals surface area contributed by atoms with Crippen LogP contribution in [0.4, 0.5) is 0 Å². The molecule has 0 radical (unpaired) electrons. The number of carbonyl (C=O) groups is 1. The van der Waals surface area contributed by atoms with E-state index in [1.807, 2.05) is 6.92 Å². The first-order chi connectivity index (χ1) is 11.4. The highest BCUT2D eigenvalue weighted by atomic mass is 16.5. The highest BCUT2D eigenvalue weighted by molar-refractivity contribution is 5.77. The second kappa shape index (κ2) is 10.5. The zero-order valence-electron chi connectivity index (χ0n) is 16.3. The van der Waals surface area contributed by atoms with E-state index in [2.05, 4.69) is 63.8 Å². The summed E-state index contributed by atoms with van der Waals surface area (Å²) in [6.07, 6.45) is 2.06. The van der Waals surface area contributed by atoms with Crippen molar-refractivity contribution in [2.45, 2.75) is 66.3 Å². The van der Waals surface area contributed by atoms with Gasteiger partial charge in [0.05, 0.1) is 5.92 Å². The predicted octanol–water partition coefficient (Wildman–Crippen LogP) is 4.65. The first kappa shape index (κ1) is 20.7. The minimum Gasteiger partial charge on any atom is -0.464 e. The van der Waals surface area contributed by atoms with Crippen LogP contribution in [0.2, 0.25) is 0 Å². The maximum Gasteiger partial charge on any atom is 0.313 e. The Balaban J connectivity index is 2.60. The van der Waals surface area contributed by atoms with Crippen molar-refractivity contribution in [2.75, 3.05) is 19.7 Å². The summed E-state index contributed by atoms with van der Waals surface area (Å²) in [5.41, 5.74) is 2.35. The van der Waals surface area contributed by atoms with Crippen LogP contribution in [0.5, 0.6) is 0 Å². The normalized spacial score (nSPS) is 14.0. The van der Waals surface area contributed by atoms with Gasteiger partial charge in [0, 0.05) is 6.04 Å². The van der Waals surface area contributed by atoms with Gasteiger partial charge in [0.1, 0.15) is 6.61 Å². The summed E-state index contributed by atoms with van der Waals surface area (Å²) in [6.45, 7) is 15.3. The smallest absolute Gasteiger partial charge is 0.313 e. The molecule has 3 nitrogen and oxygen atoms in total. The van der Waals surface area contributed by atoms with Crippen molar-refractivity contribution in [2.24, 2.45) is 5.92 Å². The molecule has 0 spiro atoms. The number of benzene rings is 1. The summed E-state index contributed by atoms with van der Waals surface area (Å²) >= 11 is 0. The lowest BCUT2D eigenvalue weighted by atomic mass is 9.97. The lowest BCUT2D eigenvalue weighted by Gasteiger charge is -2.28. The minimum absolute atomic E-state index is 0.128. The largest absolute Gasteiger partial charge is 0.464 e. The van der Waals surface area contributed by atoms with Crippen LogP contribution in [-0.4, -0.2) is 36.6 Å². The Hall–Kier alpha value is -1.35. The molecule has 0 bridgehead atoms. The van der Waals surface area contributed by atoms with Gasteiger partial charge >= 0.3 is 5.97 Å². The number of ether oxygens (including phenoxy) is 1. The van der Waals surface area contributed by atoms with Crippen LogP contribution in [0.15, 0.2) is 24.3 Å². The van der Waals surface area contributed by atoms with E-state index in [0.717, 1.165) is 31.5 Å². The first-order valence-electron chi connectivity index (χ1n) is 9.42. The molecule has 1 aromatic rings. The topological polar surface area (TPSA) is 29.5 Å². The summed E-state index contributed by atoms with van der Waals surface area (Å²) in [5, 5.41) is 0. The lowest BCUT2D eigenvalue weighted by molar-refractivity contribution is -0.146. The fourth-order valence-electron chi connectivity index (χ4n) is 3.07. The van der Waals surface area contributed by atoms with Crippen LogP contribution in [0.25, 0.3) is 0 Å². The third-order valence-electron chi connectivity index (χ3n) is 4.70. The van der Waals surface area contributed by atoms with Crippen molar-refractivity contribution in [3.63, 3.8) is 0 Å². The zero-order valence-corrected chi connectivity index (χ0v) is 16.3. The van der Waals surface area contributed by atoms with E-state index in [4.69, 9.17) is 4.74 Å². The Morgan fingerprint density at radius 1 is 1.04 bits per heavy atom. The molecule has 0 heterocycles. The highest BCUT2D eigenvalue weighted by Crippen LogP contribution is 2.19. The number of rotatable bonds is 10. The summed E-state index contributed by atoms with van der Waals surface area (Å²) in [6, 6.07) is 8.69. The molecule has 0 saturated heterocycles. The fraction of sp³-hybridized carbons (Fsp3) is 0.667. The molecule has 1 rings (SSSR count). The predicted molar refractivity (Wildman–Crippen MR) is 101 cm³/mol. The van der Waals surface area contributed by atoms with Crippen LogP contribution < -0.4 is 0 Å². The third-order valence-corrected chi connectivity index (χ3v) is 4.70. The van der Waals surface area contributed by atoms with Gasteiger partial charge in [-0.25, -0.2) is 0 Å². The highest BCUT2D eigenvalue weighted by Gasteiger charge is 2.20. The number of likely N-dealkylation sites (N-methyl/N-ethyl adjacent to an activating group) is 1. The number of esters is 1. The fourth-order valence-corrected chi connectivity index (χ4v) is 3.07. The molecule has 0 aliphatic heterocycles. The molecule has 1 aromatic carbocycles. The number of nitrogens with zero attached hydrogens (tertiary/aromatic N) is 1. The van der Waals surface area contributed by atoms with Gasteiger partial charge in [-0.15, -0.1) is 0 Å². The molecule has 2 atom stereocenters. The van der Waals surface area contributed by atoms with Gasteiger partial charge in [0.25, 0.3) is 0 Å². The second-order valence-corrected chi connectivity index (χ2v) is 6.97. The molecule has 24 heavy (non-hydrogen) atoms. The molecule has 0 aliphatic rings. The van der Waals surface area contributed by atoms with E-state index >= 15 is 0 Å². The Morgan fingerprint density at radius 2 is 1.62 bits per heavy atom.